The maximum absolute atomic E-state index is 5.40. The van der Waals surface area contributed by atoms with Crippen LogP contribution in [0.5, 0.6) is 0 Å². The third-order valence-corrected chi connectivity index (χ3v) is 1.31. The van der Waals surface area contributed by atoms with Crippen LogP contribution in [-0.2, 0) is 13.6 Å². The van der Waals surface area contributed by atoms with Gasteiger partial charge in [-0.05, 0) is 13.0 Å². The fourth-order valence-corrected chi connectivity index (χ4v) is 0.855. The van der Waals surface area contributed by atoms with Crippen molar-refractivity contribution < 1.29 is 0 Å². The molecule has 0 spiro atoms. The van der Waals surface area contributed by atoms with Gasteiger partial charge in [-0.2, -0.15) is 5.10 Å². The molecule has 0 fully saturated rings. The molecule has 1 heterocycles. The minimum atomic E-state index is 0. The second kappa shape index (κ2) is 5.41. The van der Waals surface area contributed by atoms with E-state index in [0.717, 1.165) is 11.4 Å². The molecule has 1 aromatic rings. The van der Waals surface area contributed by atoms with Crippen LogP contribution in [-0.4, -0.2) is 9.78 Å². The first-order valence-electron chi connectivity index (χ1n) is 2.93. The molecule has 5 heteroatoms. The van der Waals surface area contributed by atoms with Crippen LogP contribution >= 0.6 is 24.8 Å². The van der Waals surface area contributed by atoms with Gasteiger partial charge >= 0.3 is 0 Å². The predicted octanol–water partition coefficient (Wildman–Crippen LogP) is 1.03. The molecule has 0 atom stereocenters. The summed E-state index contributed by atoms with van der Waals surface area (Å²) in [5, 5.41) is 4.12. The first-order valence-corrected chi connectivity index (χ1v) is 2.93. The van der Waals surface area contributed by atoms with Gasteiger partial charge in [0.1, 0.15) is 0 Å². The van der Waals surface area contributed by atoms with E-state index in [1.54, 1.807) is 4.68 Å². The minimum absolute atomic E-state index is 0. The lowest BCUT2D eigenvalue weighted by atomic mass is 10.4. The Hall–Kier alpha value is -0.250. The van der Waals surface area contributed by atoms with Gasteiger partial charge in [0.2, 0.25) is 0 Å². The summed E-state index contributed by atoms with van der Waals surface area (Å²) in [7, 11) is 1.90. The highest BCUT2D eigenvalue weighted by molar-refractivity contribution is 5.85. The van der Waals surface area contributed by atoms with E-state index in [-0.39, 0.29) is 24.8 Å². The average Bonchev–Trinajstić information content (AvgIpc) is 2.10. The summed E-state index contributed by atoms with van der Waals surface area (Å²) in [5.41, 5.74) is 7.51. The molecule has 0 bridgehead atoms. The van der Waals surface area contributed by atoms with Gasteiger partial charge < -0.3 is 5.73 Å². The lowest BCUT2D eigenvalue weighted by Gasteiger charge is -1.93. The predicted molar refractivity (Wildman–Crippen MR) is 50.3 cm³/mol. The Morgan fingerprint density at radius 1 is 1.55 bits per heavy atom. The fourth-order valence-electron chi connectivity index (χ4n) is 0.855. The Morgan fingerprint density at radius 3 is 2.27 bits per heavy atom. The monoisotopic (exact) mass is 197 g/mol. The summed E-state index contributed by atoms with van der Waals surface area (Å²) in [6.07, 6.45) is 0. The third-order valence-electron chi connectivity index (χ3n) is 1.31. The molecule has 0 saturated carbocycles. The summed E-state index contributed by atoms with van der Waals surface area (Å²) < 4.78 is 1.80. The topological polar surface area (TPSA) is 43.8 Å². The molecule has 2 N–H and O–H groups in total. The summed E-state index contributed by atoms with van der Waals surface area (Å²) in [5.74, 6) is 0. The number of halogens is 2. The molecule has 0 amide bonds. The van der Waals surface area contributed by atoms with Gasteiger partial charge in [0.15, 0.2) is 0 Å². The van der Waals surface area contributed by atoms with E-state index in [4.69, 9.17) is 5.73 Å². The number of nitrogens with two attached hydrogens (primary N) is 1. The van der Waals surface area contributed by atoms with Gasteiger partial charge in [-0.25, -0.2) is 0 Å². The van der Waals surface area contributed by atoms with Crippen molar-refractivity contribution in [1.29, 1.82) is 0 Å². The van der Waals surface area contributed by atoms with Gasteiger partial charge in [-0.15, -0.1) is 24.8 Å². The lowest BCUT2D eigenvalue weighted by molar-refractivity contribution is 0.705. The molecule has 66 valence electrons. The Labute approximate surface area is 78.8 Å². The molecule has 0 aliphatic rings. The molecule has 0 aromatic carbocycles. The number of hydrogen-bond donors (Lipinski definition) is 1. The van der Waals surface area contributed by atoms with Crippen LogP contribution in [0.2, 0.25) is 0 Å². The zero-order valence-electron chi connectivity index (χ0n) is 6.57. The molecule has 11 heavy (non-hydrogen) atoms. The van der Waals surface area contributed by atoms with Crippen LogP contribution in [0.3, 0.4) is 0 Å². The maximum atomic E-state index is 5.40. The molecule has 0 radical (unpaired) electrons. The summed E-state index contributed by atoms with van der Waals surface area (Å²) in [6.45, 7) is 2.52. The third kappa shape index (κ3) is 3.10. The van der Waals surface area contributed by atoms with Crippen LogP contribution in [0.1, 0.15) is 11.4 Å². The smallest absolute Gasteiger partial charge is 0.0597 e. The molecule has 0 saturated heterocycles. The zero-order valence-corrected chi connectivity index (χ0v) is 8.21. The van der Waals surface area contributed by atoms with Crippen molar-refractivity contribution in [2.24, 2.45) is 12.8 Å². The number of aromatic nitrogens is 2. The summed E-state index contributed by atoms with van der Waals surface area (Å²) in [4.78, 5) is 0. The van der Waals surface area contributed by atoms with Crippen LogP contribution in [0.15, 0.2) is 6.07 Å². The quantitative estimate of drug-likeness (QED) is 0.732. The van der Waals surface area contributed by atoms with Crippen molar-refractivity contribution in [1.82, 2.24) is 9.78 Å². The second-order valence-electron chi connectivity index (χ2n) is 2.10. The van der Waals surface area contributed by atoms with Gasteiger partial charge in [0, 0.05) is 13.6 Å². The van der Waals surface area contributed by atoms with E-state index < -0.39 is 0 Å². The molecular weight excluding hydrogens is 185 g/mol. The van der Waals surface area contributed by atoms with Gasteiger partial charge in [0.05, 0.1) is 11.4 Å². The Morgan fingerprint density at radius 2 is 2.09 bits per heavy atom. The highest BCUT2D eigenvalue weighted by Gasteiger charge is 1.96. The van der Waals surface area contributed by atoms with Crippen LogP contribution < -0.4 is 5.73 Å². The maximum Gasteiger partial charge on any atom is 0.0597 e. The van der Waals surface area contributed by atoms with Crippen LogP contribution in [0.4, 0.5) is 0 Å². The van der Waals surface area contributed by atoms with Crippen molar-refractivity contribution in [3.63, 3.8) is 0 Å². The van der Waals surface area contributed by atoms with Gasteiger partial charge in [0.25, 0.3) is 0 Å². The van der Waals surface area contributed by atoms with Crippen LogP contribution in [0.25, 0.3) is 0 Å². The Kier molecular flexibility index (Phi) is 6.56. The molecule has 1 rings (SSSR count). The number of aryl methyl sites for hydroxylation is 2. The van der Waals surface area contributed by atoms with Crippen molar-refractivity contribution in [2.75, 3.05) is 0 Å². The highest BCUT2D eigenvalue weighted by atomic mass is 35.5. The van der Waals surface area contributed by atoms with Crippen LogP contribution in [0, 0.1) is 6.92 Å². The van der Waals surface area contributed by atoms with Gasteiger partial charge in [-0.3, -0.25) is 4.68 Å². The fraction of sp³-hybridized carbons (Fsp3) is 0.500. The van der Waals surface area contributed by atoms with E-state index in [1.165, 1.54) is 0 Å². The first kappa shape index (κ1) is 13.3. The van der Waals surface area contributed by atoms with E-state index in [9.17, 15) is 0 Å². The normalized spacial score (nSPS) is 8.27. The highest BCUT2D eigenvalue weighted by Crippen LogP contribution is 1.98. The van der Waals surface area contributed by atoms with Crippen molar-refractivity contribution >= 4 is 24.8 Å². The Bertz CT molecular complexity index is 210. The summed E-state index contributed by atoms with van der Waals surface area (Å²) >= 11 is 0. The number of hydrogen-bond acceptors (Lipinski definition) is 2. The largest absolute Gasteiger partial charge is 0.325 e. The molecule has 0 unspecified atom stereocenters. The first-order chi connectivity index (χ1) is 4.24. The van der Waals surface area contributed by atoms with Crippen molar-refractivity contribution in [3.8, 4) is 0 Å². The van der Waals surface area contributed by atoms with E-state index in [0.29, 0.717) is 6.54 Å². The van der Waals surface area contributed by atoms with Crippen molar-refractivity contribution in [3.05, 3.63) is 17.5 Å². The second-order valence-corrected chi connectivity index (χ2v) is 2.10. The average molecular weight is 198 g/mol. The van der Waals surface area contributed by atoms with E-state index in [1.807, 2.05) is 20.0 Å². The molecule has 3 nitrogen and oxygen atoms in total. The minimum Gasteiger partial charge on any atom is -0.325 e. The Balaban J connectivity index is 0. The van der Waals surface area contributed by atoms with E-state index >= 15 is 0 Å². The summed E-state index contributed by atoms with van der Waals surface area (Å²) in [6, 6.07) is 1.99. The molecular formula is C6H13Cl2N3. The van der Waals surface area contributed by atoms with E-state index in [2.05, 4.69) is 5.10 Å². The van der Waals surface area contributed by atoms with Crippen molar-refractivity contribution in [2.45, 2.75) is 13.5 Å². The zero-order chi connectivity index (χ0) is 6.85. The van der Waals surface area contributed by atoms with Gasteiger partial charge in [-0.1, -0.05) is 0 Å². The molecule has 1 aromatic heterocycles. The number of rotatable bonds is 1. The standard InChI is InChI=1S/C6H11N3.2ClH/c1-5-3-6(4-7)9(2)8-5;;/h3H,4,7H2,1-2H3;2*1H. The SMILES string of the molecule is Cc1cc(CN)n(C)n1.Cl.Cl. The lowest BCUT2D eigenvalue weighted by Crippen LogP contribution is -2.03. The molecule has 0 aliphatic heterocycles. The molecule has 0 aliphatic carbocycles. The number of nitrogens with zero attached hydrogens (tertiary/aromatic N) is 2.